The second-order valence-electron chi connectivity index (χ2n) is 3.31. The molecule has 82 valence electrons. The summed E-state index contributed by atoms with van der Waals surface area (Å²) < 4.78 is 5.11. The SMILES string of the molecule is CCNC(=O)CCc1cccc(OC)c1. The fourth-order valence-corrected chi connectivity index (χ4v) is 1.37. The molecule has 1 aromatic carbocycles. The Bertz CT molecular complexity index is 323. The van der Waals surface area contributed by atoms with E-state index in [2.05, 4.69) is 5.32 Å². The average molecular weight is 207 g/mol. The van der Waals surface area contributed by atoms with E-state index in [1.165, 1.54) is 0 Å². The standard InChI is InChI=1S/C12H17NO2/c1-3-13-12(14)8-7-10-5-4-6-11(9-10)15-2/h4-6,9H,3,7-8H2,1-2H3,(H,13,14). The van der Waals surface area contributed by atoms with Crippen molar-refractivity contribution in [2.75, 3.05) is 13.7 Å². The van der Waals surface area contributed by atoms with Crippen LogP contribution in [-0.2, 0) is 11.2 Å². The Morgan fingerprint density at radius 3 is 2.93 bits per heavy atom. The molecule has 0 aromatic heterocycles. The highest BCUT2D eigenvalue weighted by Crippen LogP contribution is 2.13. The highest BCUT2D eigenvalue weighted by molar-refractivity contribution is 5.76. The Morgan fingerprint density at radius 2 is 2.27 bits per heavy atom. The molecule has 3 nitrogen and oxygen atoms in total. The number of aryl methyl sites for hydroxylation is 1. The first-order valence-electron chi connectivity index (χ1n) is 5.16. The first kappa shape index (κ1) is 11.6. The molecule has 1 N–H and O–H groups in total. The smallest absolute Gasteiger partial charge is 0.220 e. The zero-order valence-electron chi connectivity index (χ0n) is 9.25. The van der Waals surface area contributed by atoms with E-state index < -0.39 is 0 Å². The number of hydrogen-bond acceptors (Lipinski definition) is 2. The van der Waals surface area contributed by atoms with Gasteiger partial charge in [0, 0.05) is 13.0 Å². The minimum absolute atomic E-state index is 0.0975. The van der Waals surface area contributed by atoms with Gasteiger partial charge in [-0.3, -0.25) is 4.79 Å². The molecule has 0 fully saturated rings. The molecular formula is C12H17NO2. The number of benzene rings is 1. The normalized spacial score (nSPS) is 9.73. The zero-order chi connectivity index (χ0) is 11.1. The van der Waals surface area contributed by atoms with Crippen LogP contribution in [0.4, 0.5) is 0 Å². The van der Waals surface area contributed by atoms with Crippen molar-refractivity contribution in [2.24, 2.45) is 0 Å². The van der Waals surface area contributed by atoms with Crippen molar-refractivity contribution in [3.05, 3.63) is 29.8 Å². The molecule has 0 heterocycles. The van der Waals surface area contributed by atoms with Gasteiger partial charge in [0.25, 0.3) is 0 Å². The number of hydrogen-bond donors (Lipinski definition) is 1. The number of rotatable bonds is 5. The number of nitrogens with one attached hydrogen (secondary N) is 1. The molecule has 15 heavy (non-hydrogen) atoms. The minimum Gasteiger partial charge on any atom is -0.497 e. The Labute approximate surface area is 90.4 Å². The van der Waals surface area contributed by atoms with Gasteiger partial charge >= 0.3 is 0 Å². The molecular weight excluding hydrogens is 190 g/mol. The minimum atomic E-state index is 0.0975. The Kier molecular flexibility index (Phi) is 4.68. The lowest BCUT2D eigenvalue weighted by Crippen LogP contribution is -2.22. The van der Waals surface area contributed by atoms with E-state index in [1.807, 2.05) is 31.2 Å². The lowest BCUT2D eigenvalue weighted by molar-refractivity contribution is -0.120. The Morgan fingerprint density at radius 1 is 1.47 bits per heavy atom. The van der Waals surface area contributed by atoms with Gasteiger partial charge in [-0.1, -0.05) is 12.1 Å². The van der Waals surface area contributed by atoms with Gasteiger partial charge in [0.15, 0.2) is 0 Å². The van der Waals surface area contributed by atoms with E-state index in [1.54, 1.807) is 7.11 Å². The maximum Gasteiger partial charge on any atom is 0.220 e. The van der Waals surface area contributed by atoms with Gasteiger partial charge in [-0.25, -0.2) is 0 Å². The molecule has 0 spiro atoms. The summed E-state index contributed by atoms with van der Waals surface area (Å²) in [6, 6.07) is 7.79. The fraction of sp³-hybridized carbons (Fsp3) is 0.417. The summed E-state index contributed by atoms with van der Waals surface area (Å²) >= 11 is 0. The van der Waals surface area contributed by atoms with Gasteiger partial charge in [0.2, 0.25) is 5.91 Å². The van der Waals surface area contributed by atoms with Crippen LogP contribution in [0.3, 0.4) is 0 Å². The van der Waals surface area contributed by atoms with Crippen LogP contribution in [0.5, 0.6) is 5.75 Å². The number of methoxy groups -OCH3 is 1. The van der Waals surface area contributed by atoms with Crippen LogP contribution in [0.15, 0.2) is 24.3 Å². The van der Waals surface area contributed by atoms with Crippen molar-refractivity contribution in [3.63, 3.8) is 0 Å². The molecule has 0 aliphatic carbocycles. The third-order valence-electron chi connectivity index (χ3n) is 2.15. The molecule has 0 saturated carbocycles. The largest absolute Gasteiger partial charge is 0.497 e. The van der Waals surface area contributed by atoms with Crippen molar-refractivity contribution in [1.29, 1.82) is 0 Å². The first-order chi connectivity index (χ1) is 7.26. The van der Waals surface area contributed by atoms with Crippen molar-refractivity contribution in [3.8, 4) is 5.75 Å². The highest BCUT2D eigenvalue weighted by Gasteiger charge is 2.01. The van der Waals surface area contributed by atoms with E-state index in [-0.39, 0.29) is 5.91 Å². The maximum absolute atomic E-state index is 11.2. The van der Waals surface area contributed by atoms with Crippen LogP contribution < -0.4 is 10.1 Å². The molecule has 0 aliphatic rings. The second-order valence-corrected chi connectivity index (χ2v) is 3.31. The molecule has 3 heteroatoms. The van der Waals surface area contributed by atoms with Gasteiger partial charge in [0.1, 0.15) is 5.75 Å². The number of carbonyl (C=O) groups is 1. The molecule has 0 radical (unpaired) electrons. The number of ether oxygens (including phenoxy) is 1. The van der Waals surface area contributed by atoms with Crippen LogP contribution in [0.25, 0.3) is 0 Å². The summed E-state index contributed by atoms with van der Waals surface area (Å²) in [6.07, 6.45) is 1.28. The van der Waals surface area contributed by atoms with Gasteiger partial charge < -0.3 is 10.1 Å². The van der Waals surface area contributed by atoms with Crippen LogP contribution in [0, 0.1) is 0 Å². The topological polar surface area (TPSA) is 38.3 Å². The van der Waals surface area contributed by atoms with Crippen LogP contribution in [-0.4, -0.2) is 19.6 Å². The van der Waals surface area contributed by atoms with Gasteiger partial charge in [0.05, 0.1) is 7.11 Å². The Hall–Kier alpha value is -1.51. The summed E-state index contributed by atoms with van der Waals surface area (Å²) in [7, 11) is 1.64. The van der Waals surface area contributed by atoms with Gasteiger partial charge in [-0.15, -0.1) is 0 Å². The third kappa shape index (κ3) is 4.02. The molecule has 0 saturated heterocycles. The van der Waals surface area contributed by atoms with E-state index in [9.17, 15) is 4.79 Å². The highest BCUT2D eigenvalue weighted by atomic mass is 16.5. The Balaban J connectivity index is 2.46. The van der Waals surface area contributed by atoms with E-state index in [0.29, 0.717) is 13.0 Å². The summed E-state index contributed by atoms with van der Waals surface area (Å²) in [6.45, 7) is 2.61. The second kappa shape index (κ2) is 6.06. The number of amides is 1. The predicted molar refractivity (Wildman–Crippen MR) is 60.0 cm³/mol. The van der Waals surface area contributed by atoms with Crippen molar-refractivity contribution >= 4 is 5.91 Å². The van der Waals surface area contributed by atoms with E-state index in [0.717, 1.165) is 17.7 Å². The first-order valence-corrected chi connectivity index (χ1v) is 5.16. The zero-order valence-corrected chi connectivity index (χ0v) is 9.25. The van der Waals surface area contributed by atoms with Gasteiger partial charge in [-0.05, 0) is 31.0 Å². The molecule has 0 bridgehead atoms. The quantitative estimate of drug-likeness (QED) is 0.799. The monoisotopic (exact) mass is 207 g/mol. The van der Waals surface area contributed by atoms with Crippen LogP contribution in [0.2, 0.25) is 0 Å². The molecule has 0 unspecified atom stereocenters. The summed E-state index contributed by atoms with van der Waals surface area (Å²) in [5.41, 5.74) is 1.13. The van der Waals surface area contributed by atoms with E-state index >= 15 is 0 Å². The molecule has 0 atom stereocenters. The molecule has 0 aliphatic heterocycles. The lowest BCUT2D eigenvalue weighted by atomic mass is 10.1. The van der Waals surface area contributed by atoms with E-state index in [4.69, 9.17) is 4.74 Å². The summed E-state index contributed by atoms with van der Waals surface area (Å²) in [4.78, 5) is 11.2. The average Bonchev–Trinajstić information content (AvgIpc) is 2.27. The van der Waals surface area contributed by atoms with Crippen LogP contribution in [0.1, 0.15) is 18.9 Å². The van der Waals surface area contributed by atoms with Gasteiger partial charge in [-0.2, -0.15) is 0 Å². The molecule has 1 aromatic rings. The number of carbonyl (C=O) groups excluding carboxylic acids is 1. The van der Waals surface area contributed by atoms with Crippen molar-refractivity contribution in [2.45, 2.75) is 19.8 Å². The molecule has 1 amide bonds. The predicted octanol–water partition coefficient (Wildman–Crippen LogP) is 1.76. The lowest BCUT2D eigenvalue weighted by Gasteiger charge is -2.04. The fourth-order valence-electron chi connectivity index (χ4n) is 1.37. The van der Waals surface area contributed by atoms with Crippen LogP contribution >= 0.6 is 0 Å². The third-order valence-corrected chi connectivity index (χ3v) is 2.15. The van der Waals surface area contributed by atoms with Crippen molar-refractivity contribution in [1.82, 2.24) is 5.32 Å². The van der Waals surface area contributed by atoms with Crippen molar-refractivity contribution < 1.29 is 9.53 Å². The molecule has 1 rings (SSSR count). The maximum atomic E-state index is 11.2. The summed E-state index contributed by atoms with van der Waals surface area (Å²) in [5, 5.41) is 2.77. The summed E-state index contributed by atoms with van der Waals surface area (Å²) in [5.74, 6) is 0.934.